The van der Waals surface area contributed by atoms with Crippen LogP contribution in [0.25, 0.3) is 11.3 Å². The maximum Gasteiger partial charge on any atom is 0.335 e. The van der Waals surface area contributed by atoms with E-state index in [1.165, 1.54) is 0 Å². The summed E-state index contributed by atoms with van der Waals surface area (Å²) < 4.78 is 17.2. The zero-order valence-corrected chi connectivity index (χ0v) is 18.9. The smallest absolute Gasteiger partial charge is 0.335 e. The highest BCUT2D eigenvalue weighted by molar-refractivity contribution is 6.39. The van der Waals surface area contributed by atoms with Crippen molar-refractivity contribution in [2.24, 2.45) is 0 Å². The molecule has 2 aromatic carbocycles. The fourth-order valence-corrected chi connectivity index (χ4v) is 4.00. The second kappa shape index (κ2) is 10.5. The van der Waals surface area contributed by atoms with Gasteiger partial charge in [-0.05, 0) is 49.1 Å². The third-order valence-electron chi connectivity index (χ3n) is 5.26. The van der Waals surface area contributed by atoms with Crippen LogP contribution in [0.15, 0.2) is 47.0 Å². The van der Waals surface area contributed by atoms with Gasteiger partial charge >= 0.3 is 5.97 Å². The third kappa shape index (κ3) is 5.51. The molecule has 1 fully saturated rings. The first-order chi connectivity index (χ1) is 15.5. The molecule has 0 saturated heterocycles. The second-order valence-corrected chi connectivity index (χ2v) is 8.52. The van der Waals surface area contributed by atoms with E-state index in [0.717, 1.165) is 36.1 Å². The number of rotatable bonds is 11. The molecule has 32 heavy (non-hydrogen) atoms. The summed E-state index contributed by atoms with van der Waals surface area (Å²) in [5, 5.41) is 14.2. The van der Waals surface area contributed by atoms with Crippen LogP contribution in [-0.2, 0) is 22.7 Å². The Labute approximate surface area is 196 Å². The van der Waals surface area contributed by atoms with Crippen LogP contribution in [0, 0.1) is 0 Å². The molecule has 1 aliphatic carbocycles. The molecule has 6 nitrogen and oxygen atoms in total. The van der Waals surface area contributed by atoms with Crippen LogP contribution in [0.2, 0.25) is 10.0 Å². The van der Waals surface area contributed by atoms with E-state index in [9.17, 15) is 4.79 Å². The van der Waals surface area contributed by atoms with Crippen molar-refractivity contribution in [3.05, 3.63) is 75.0 Å². The quantitative estimate of drug-likeness (QED) is 0.325. The lowest BCUT2D eigenvalue weighted by molar-refractivity contribution is 0.0684. The molecule has 1 N–H and O–H groups in total. The van der Waals surface area contributed by atoms with Crippen molar-refractivity contribution in [1.82, 2.24) is 5.16 Å². The van der Waals surface area contributed by atoms with Crippen LogP contribution in [0.5, 0.6) is 0 Å². The van der Waals surface area contributed by atoms with Gasteiger partial charge in [-0.15, -0.1) is 0 Å². The van der Waals surface area contributed by atoms with Gasteiger partial charge in [0.25, 0.3) is 0 Å². The molecular weight excluding hydrogens is 453 g/mol. The number of aromatic carboxylic acids is 1. The lowest BCUT2D eigenvalue weighted by atomic mass is 10.0. The molecule has 1 aromatic heterocycles. The monoisotopic (exact) mass is 475 g/mol. The summed E-state index contributed by atoms with van der Waals surface area (Å²) in [6.07, 6.45) is 2.89. The standard InChI is InChI=1S/C24H23Cl2NO5/c25-19-3-1-4-20(26)21(19)22-18(23(32-27-22)16-9-10-16)14-31-12-2-11-30-13-15-5-7-17(8-6-15)24(28)29/h1,3-8,16H,2,9-14H2,(H,28,29). The van der Waals surface area contributed by atoms with Crippen LogP contribution >= 0.6 is 23.2 Å². The van der Waals surface area contributed by atoms with E-state index in [4.69, 9.17) is 42.3 Å². The van der Waals surface area contributed by atoms with Crippen LogP contribution in [-0.4, -0.2) is 29.4 Å². The third-order valence-corrected chi connectivity index (χ3v) is 5.89. The average molecular weight is 476 g/mol. The first-order valence-electron chi connectivity index (χ1n) is 10.4. The number of carboxylic acid groups (broad SMARTS) is 1. The van der Waals surface area contributed by atoms with Gasteiger partial charge in [0.1, 0.15) is 11.5 Å². The predicted molar refractivity (Wildman–Crippen MR) is 121 cm³/mol. The summed E-state index contributed by atoms with van der Waals surface area (Å²) in [6, 6.07) is 12.0. The molecule has 0 unspecified atom stereocenters. The molecule has 0 aliphatic heterocycles. The molecule has 4 rings (SSSR count). The Kier molecular flexibility index (Phi) is 7.48. The highest BCUT2D eigenvalue weighted by atomic mass is 35.5. The molecule has 0 bridgehead atoms. The summed E-state index contributed by atoms with van der Waals surface area (Å²) >= 11 is 12.8. The number of aromatic nitrogens is 1. The Morgan fingerprint density at radius 3 is 2.31 bits per heavy atom. The zero-order chi connectivity index (χ0) is 22.5. The van der Waals surface area contributed by atoms with Crippen molar-refractivity contribution in [2.45, 2.75) is 38.4 Å². The molecule has 1 saturated carbocycles. The molecule has 0 spiro atoms. The second-order valence-electron chi connectivity index (χ2n) is 7.71. The maximum atomic E-state index is 10.9. The van der Waals surface area contributed by atoms with Crippen molar-refractivity contribution in [3.8, 4) is 11.3 Å². The number of hydrogen-bond acceptors (Lipinski definition) is 5. The normalized spacial score (nSPS) is 13.4. The Morgan fingerprint density at radius 2 is 1.69 bits per heavy atom. The fraction of sp³-hybridized carbons (Fsp3) is 0.333. The highest BCUT2D eigenvalue weighted by Crippen LogP contribution is 2.46. The lowest BCUT2D eigenvalue weighted by Gasteiger charge is -2.09. The van der Waals surface area contributed by atoms with E-state index in [-0.39, 0.29) is 5.56 Å². The fourth-order valence-electron chi connectivity index (χ4n) is 3.42. The Bertz CT molecular complexity index is 1060. The SMILES string of the molecule is O=C(O)c1ccc(COCCCOCc2c(-c3c(Cl)cccc3Cl)noc2C2CC2)cc1. The number of carbonyl (C=O) groups is 1. The van der Waals surface area contributed by atoms with Gasteiger partial charge in [-0.25, -0.2) is 4.79 Å². The molecule has 0 radical (unpaired) electrons. The van der Waals surface area contributed by atoms with E-state index < -0.39 is 5.97 Å². The summed E-state index contributed by atoms with van der Waals surface area (Å²) in [5.74, 6) is 0.302. The largest absolute Gasteiger partial charge is 0.478 e. The first kappa shape index (κ1) is 22.8. The van der Waals surface area contributed by atoms with Gasteiger partial charge in [0.05, 0.1) is 28.8 Å². The topological polar surface area (TPSA) is 81.8 Å². The van der Waals surface area contributed by atoms with Gasteiger partial charge in [0.2, 0.25) is 0 Å². The Morgan fingerprint density at radius 1 is 1.03 bits per heavy atom. The van der Waals surface area contributed by atoms with Crippen LogP contribution in [0.4, 0.5) is 0 Å². The van der Waals surface area contributed by atoms with Gasteiger partial charge in [0, 0.05) is 30.3 Å². The number of halogens is 2. The maximum absolute atomic E-state index is 10.9. The number of nitrogens with zero attached hydrogens (tertiary/aromatic N) is 1. The van der Waals surface area contributed by atoms with Crippen molar-refractivity contribution in [1.29, 1.82) is 0 Å². The number of hydrogen-bond donors (Lipinski definition) is 1. The van der Waals surface area contributed by atoms with Crippen LogP contribution in [0.1, 0.15) is 52.4 Å². The van der Waals surface area contributed by atoms with E-state index in [2.05, 4.69) is 5.16 Å². The van der Waals surface area contributed by atoms with E-state index in [0.29, 0.717) is 53.6 Å². The number of carboxylic acids is 1. The minimum atomic E-state index is -0.938. The predicted octanol–water partition coefficient (Wildman–Crippen LogP) is 6.35. The zero-order valence-electron chi connectivity index (χ0n) is 17.4. The molecule has 1 aliphatic rings. The van der Waals surface area contributed by atoms with Gasteiger partial charge in [-0.3, -0.25) is 0 Å². The van der Waals surface area contributed by atoms with E-state index >= 15 is 0 Å². The van der Waals surface area contributed by atoms with Crippen molar-refractivity contribution >= 4 is 29.2 Å². The highest BCUT2D eigenvalue weighted by Gasteiger charge is 2.33. The molecule has 3 aromatic rings. The minimum absolute atomic E-state index is 0.263. The summed E-state index contributed by atoms with van der Waals surface area (Å²) in [4.78, 5) is 10.9. The average Bonchev–Trinajstić information content (AvgIpc) is 3.54. The van der Waals surface area contributed by atoms with Gasteiger partial charge < -0.3 is 19.1 Å². The summed E-state index contributed by atoms with van der Waals surface area (Å²) in [7, 11) is 0. The molecule has 0 atom stereocenters. The van der Waals surface area contributed by atoms with Crippen molar-refractivity contribution in [2.75, 3.05) is 13.2 Å². The van der Waals surface area contributed by atoms with Gasteiger partial charge in [-0.1, -0.05) is 46.6 Å². The number of ether oxygens (including phenoxy) is 2. The summed E-state index contributed by atoms with van der Waals surface area (Å²) in [5.41, 5.74) is 3.41. The van der Waals surface area contributed by atoms with Crippen molar-refractivity contribution in [3.63, 3.8) is 0 Å². The first-order valence-corrected chi connectivity index (χ1v) is 11.2. The lowest BCUT2D eigenvalue weighted by Crippen LogP contribution is -2.03. The van der Waals surface area contributed by atoms with Crippen molar-refractivity contribution < 1.29 is 23.9 Å². The molecule has 1 heterocycles. The molecule has 8 heteroatoms. The van der Waals surface area contributed by atoms with Crippen LogP contribution < -0.4 is 0 Å². The van der Waals surface area contributed by atoms with E-state index in [1.54, 1.807) is 42.5 Å². The van der Waals surface area contributed by atoms with E-state index in [1.807, 2.05) is 0 Å². The number of benzene rings is 2. The molecular formula is C24H23Cl2NO5. The Hall–Kier alpha value is -2.38. The molecule has 168 valence electrons. The van der Waals surface area contributed by atoms with Gasteiger partial charge in [0.15, 0.2) is 0 Å². The summed E-state index contributed by atoms with van der Waals surface area (Å²) in [6.45, 7) is 1.83. The Balaban J connectivity index is 1.28. The molecule has 0 amide bonds. The minimum Gasteiger partial charge on any atom is -0.478 e. The van der Waals surface area contributed by atoms with Gasteiger partial charge in [-0.2, -0.15) is 0 Å². The van der Waals surface area contributed by atoms with Crippen LogP contribution in [0.3, 0.4) is 0 Å².